The fourth-order valence-electron chi connectivity index (χ4n) is 4.84. The first-order chi connectivity index (χ1) is 20.3. The highest BCUT2D eigenvalue weighted by Crippen LogP contribution is 2.39. The van der Waals surface area contributed by atoms with E-state index in [0.717, 1.165) is 24.3 Å². The normalized spacial score (nSPS) is 33.0. The van der Waals surface area contributed by atoms with Crippen molar-refractivity contribution in [3.05, 3.63) is 40.6 Å². The number of phenolic OH excluding ortho intramolecular Hbond substituents is 4. The van der Waals surface area contributed by atoms with Crippen molar-refractivity contribution in [3.8, 4) is 40.1 Å². The van der Waals surface area contributed by atoms with E-state index in [1.165, 1.54) is 13.0 Å². The number of aliphatic hydroxyl groups is 6. The quantitative estimate of drug-likeness (QED) is 0.140. The number of hydrogen-bond acceptors (Lipinski definition) is 16. The lowest BCUT2D eigenvalue weighted by Crippen LogP contribution is -2.61. The topological polar surface area (TPSA) is 269 Å². The minimum absolute atomic E-state index is 0.0313. The maximum absolute atomic E-state index is 13.6. The molecule has 0 spiro atoms. The molecule has 234 valence electrons. The molecule has 0 saturated carbocycles. The molecule has 5 rings (SSSR count). The average molecular weight is 611 g/mol. The second-order valence-electron chi connectivity index (χ2n) is 10.3. The van der Waals surface area contributed by atoms with Gasteiger partial charge in [0, 0.05) is 17.7 Å². The molecule has 16 nitrogen and oxygen atoms in total. The molecule has 0 unspecified atom stereocenters. The zero-order valence-electron chi connectivity index (χ0n) is 22.3. The van der Waals surface area contributed by atoms with Crippen molar-refractivity contribution >= 4 is 11.0 Å². The van der Waals surface area contributed by atoms with Crippen LogP contribution in [0.3, 0.4) is 0 Å². The summed E-state index contributed by atoms with van der Waals surface area (Å²) in [7, 11) is 0. The summed E-state index contributed by atoms with van der Waals surface area (Å²) in [6, 6.07) is 5.24. The standard InChI is InChI=1S/C27H30O16/c1-8-17(32)20(35)22(37)26(40-8)39-7-15-18(33)21(36)23(38)27(42-15)43-25-19(34)16-13(31)5-10(28)6-14(16)41-24(25)9-2-3-11(29)12(30)4-9/h2-6,8,15,17-18,20-23,26-33,35-38H,7H2,1H3/t8-,15+,17+,18-,20-,21+,22-,23-,26-,27-/m1/s1. The van der Waals surface area contributed by atoms with E-state index in [4.69, 9.17) is 23.4 Å². The molecule has 2 fully saturated rings. The number of fused-ring (bicyclic) bond motifs is 1. The lowest BCUT2D eigenvalue weighted by atomic mass is 9.98. The van der Waals surface area contributed by atoms with Crippen LogP contribution in [0.25, 0.3) is 22.3 Å². The Labute approximate surface area is 241 Å². The van der Waals surface area contributed by atoms with Gasteiger partial charge >= 0.3 is 0 Å². The third-order valence-electron chi connectivity index (χ3n) is 7.29. The van der Waals surface area contributed by atoms with Crippen LogP contribution in [0.1, 0.15) is 6.92 Å². The van der Waals surface area contributed by atoms with E-state index in [9.17, 15) is 55.9 Å². The van der Waals surface area contributed by atoms with Crippen LogP contribution in [0.2, 0.25) is 0 Å². The molecular formula is C27H30O16. The van der Waals surface area contributed by atoms with E-state index < -0.39 is 113 Å². The van der Waals surface area contributed by atoms with Gasteiger partial charge in [0.25, 0.3) is 0 Å². The molecule has 16 heteroatoms. The number of aliphatic hydroxyl groups excluding tert-OH is 6. The molecule has 2 aliphatic rings. The molecular weight excluding hydrogens is 580 g/mol. The summed E-state index contributed by atoms with van der Waals surface area (Å²) in [6.45, 7) is 0.818. The summed E-state index contributed by atoms with van der Waals surface area (Å²) < 4.78 is 27.8. The Morgan fingerprint density at radius 1 is 0.744 bits per heavy atom. The summed E-state index contributed by atoms with van der Waals surface area (Å²) in [5, 5.41) is 101. The zero-order chi connectivity index (χ0) is 31.3. The molecule has 3 aromatic rings. The highest BCUT2D eigenvalue weighted by atomic mass is 16.7. The molecule has 3 heterocycles. The third-order valence-corrected chi connectivity index (χ3v) is 7.29. The molecule has 43 heavy (non-hydrogen) atoms. The molecule has 0 bridgehead atoms. The molecule has 10 atom stereocenters. The molecule has 1 aromatic heterocycles. The van der Waals surface area contributed by atoms with Crippen molar-refractivity contribution in [2.45, 2.75) is 68.3 Å². The van der Waals surface area contributed by atoms with Gasteiger partial charge in [-0.3, -0.25) is 4.79 Å². The number of hydrogen-bond donors (Lipinski definition) is 10. The molecule has 10 N–H and O–H groups in total. The summed E-state index contributed by atoms with van der Waals surface area (Å²) >= 11 is 0. The number of benzene rings is 2. The van der Waals surface area contributed by atoms with Crippen molar-refractivity contribution in [1.29, 1.82) is 0 Å². The van der Waals surface area contributed by atoms with E-state index >= 15 is 0 Å². The van der Waals surface area contributed by atoms with Gasteiger partial charge in [-0.1, -0.05) is 0 Å². The fourth-order valence-corrected chi connectivity index (χ4v) is 4.84. The van der Waals surface area contributed by atoms with Gasteiger partial charge in [0.15, 0.2) is 23.5 Å². The van der Waals surface area contributed by atoms with Crippen LogP contribution in [-0.2, 0) is 14.2 Å². The number of aromatic hydroxyl groups is 4. The van der Waals surface area contributed by atoms with Crippen molar-refractivity contribution in [1.82, 2.24) is 0 Å². The maximum Gasteiger partial charge on any atom is 0.239 e. The smallest absolute Gasteiger partial charge is 0.239 e. The highest BCUT2D eigenvalue weighted by Gasteiger charge is 2.47. The second kappa shape index (κ2) is 11.8. The zero-order valence-corrected chi connectivity index (χ0v) is 22.3. The molecule has 0 aliphatic carbocycles. The second-order valence-corrected chi connectivity index (χ2v) is 10.3. The SMILES string of the molecule is C[C@H]1O[C@@H](OC[C@@H]2O[C@H](Oc3c(-c4ccc(O)c(O)c4)oc4cc(O)cc(O)c4c3=O)[C@H](O)[C@@H](O)[C@@H]2O)[C@H](O)[C@H](O)[C@H]1O. The third kappa shape index (κ3) is 5.67. The number of rotatable bonds is 6. The van der Waals surface area contributed by atoms with Gasteiger partial charge in [0.2, 0.25) is 17.5 Å². The van der Waals surface area contributed by atoms with E-state index in [2.05, 4.69) is 0 Å². The van der Waals surface area contributed by atoms with Crippen molar-refractivity contribution in [2.24, 2.45) is 0 Å². The summed E-state index contributed by atoms with van der Waals surface area (Å²) in [5.74, 6) is -3.33. The Morgan fingerprint density at radius 3 is 2.12 bits per heavy atom. The van der Waals surface area contributed by atoms with E-state index in [1.54, 1.807) is 0 Å². The Morgan fingerprint density at radius 2 is 1.42 bits per heavy atom. The minimum Gasteiger partial charge on any atom is -0.508 e. The fraction of sp³-hybridized carbons (Fsp3) is 0.444. The summed E-state index contributed by atoms with van der Waals surface area (Å²) in [6.07, 6.45) is -16.2. The van der Waals surface area contributed by atoms with Gasteiger partial charge in [-0.05, 0) is 25.1 Å². The van der Waals surface area contributed by atoms with E-state index in [-0.39, 0.29) is 11.1 Å². The predicted octanol–water partition coefficient (Wildman–Crippen LogP) is -1.69. The number of phenols is 4. The van der Waals surface area contributed by atoms with Crippen molar-refractivity contribution < 1.29 is 74.4 Å². The van der Waals surface area contributed by atoms with E-state index in [1.807, 2.05) is 0 Å². The van der Waals surface area contributed by atoms with Gasteiger partial charge in [0.05, 0.1) is 12.7 Å². The molecule has 0 amide bonds. The van der Waals surface area contributed by atoms with Crippen LogP contribution >= 0.6 is 0 Å². The monoisotopic (exact) mass is 610 g/mol. The summed E-state index contributed by atoms with van der Waals surface area (Å²) in [4.78, 5) is 13.6. The first-order valence-corrected chi connectivity index (χ1v) is 13.0. The Bertz CT molecular complexity index is 1540. The lowest BCUT2D eigenvalue weighted by Gasteiger charge is -2.42. The van der Waals surface area contributed by atoms with Gasteiger partial charge in [0.1, 0.15) is 65.2 Å². The lowest BCUT2D eigenvalue weighted by molar-refractivity contribution is -0.318. The first kappa shape index (κ1) is 30.7. The van der Waals surface area contributed by atoms with Crippen LogP contribution in [0.4, 0.5) is 0 Å². The molecule has 2 aromatic carbocycles. The Balaban J connectivity index is 1.48. The van der Waals surface area contributed by atoms with Crippen molar-refractivity contribution in [3.63, 3.8) is 0 Å². The van der Waals surface area contributed by atoms with Crippen molar-refractivity contribution in [2.75, 3.05) is 6.61 Å². The minimum atomic E-state index is -1.97. The van der Waals surface area contributed by atoms with E-state index in [0.29, 0.717) is 0 Å². The van der Waals surface area contributed by atoms with Gasteiger partial charge in [-0.15, -0.1) is 0 Å². The van der Waals surface area contributed by atoms with Crippen LogP contribution in [0.5, 0.6) is 28.7 Å². The van der Waals surface area contributed by atoms with Gasteiger partial charge < -0.3 is 74.4 Å². The van der Waals surface area contributed by atoms with Crippen LogP contribution in [0, 0.1) is 0 Å². The Hall–Kier alpha value is -3.71. The highest BCUT2D eigenvalue weighted by molar-refractivity contribution is 5.88. The molecule has 2 saturated heterocycles. The van der Waals surface area contributed by atoms with Gasteiger partial charge in [-0.2, -0.15) is 0 Å². The van der Waals surface area contributed by atoms with Crippen LogP contribution in [-0.4, -0.2) is 119 Å². The maximum atomic E-state index is 13.6. The average Bonchev–Trinajstić information content (AvgIpc) is 2.96. The number of ether oxygens (including phenoxy) is 4. The van der Waals surface area contributed by atoms with Crippen LogP contribution in [0.15, 0.2) is 39.5 Å². The first-order valence-electron chi connectivity index (χ1n) is 13.0. The summed E-state index contributed by atoms with van der Waals surface area (Å²) in [5.41, 5.74) is -1.35. The van der Waals surface area contributed by atoms with Gasteiger partial charge in [-0.25, -0.2) is 0 Å². The predicted molar refractivity (Wildman–Crippen MR) is 140 cm³/mol. The Kier molecular flexibility index (Phi) is 8.41. The molecule has 2 aliphatic heterocycles. The van der Waals surface area contributed by atoms with Crippen LogP contribution < -0.4 is 10.2 Å². The largest absolute Gasteiger partial charge is 0.508 e. The molecule has 0 radical (unpaired) electrons.